The van der Waals surface area contributed by atoms with Crippen molar-refractivity contribution >= 4 is 40.9 Å². The summed E-state index contributed by atoms with van der Waals surface area (Å²) >= 11 is 7.06. The number of halogens is 1. The molecule has 24 heavy (non-hydrogen) atoms. The van der Waals surface area contributed by atoms with Gasteiger partial charge in [0.05, 0.1) is 13.0 Å². The highest BCUT2D eigenvalue weighted by Gasteiger charge is 2.29. The maximum absolute atomic E-state index is 11.8. The van der Waals surface area contributed by atoms with E-state index in [0.29, 0.717) is 21.4 Å². The first kappa shape index (κ1) is 17.9. The van der Waals surface area contributed by atoms with Crippen LogP contribution in [-0.4, -0.2) is 18.5 Å². The van der Waals surface area contributed by atoms with E-state index in [1.54, 1.807) is 41.5 Å². The molecule has 1 aliphatic rings. The molecule has 1 aromatic rings. The topological polar surface area (TPSA) is 96.4 Å². The average molecular weight is 364 g/mol. The number of nitrogens with two attached hydrogens (primary N) is 1. The zero-order chi connectivity index (χ0) is 17.7. The third kappa shape index (κ3) is 3.91. The van der Waals surface area contributed by atoms with Gasteiger partial charge in [-0.3, -0.25) is 9.59 Å². The molecule has 0 atom stereocenters. The van der Waals surface area contributed by atoms with Crippen molar-refractivity contribution in [3.63, 3.8) is 0 Å². The summed E-state index contributed by atoms with van der Waals surface area (Å²) in [4.78, 5) is 25.0. The van der Waals surface area contributed by atoms with Crippen molar-refractivity contribution in [1.29, 1.82) is 5.26 Å². The summed E-state index contributed by atoms with van der Waals surface area (Å²) in [5, 5.41) is 11.8. The van der Waals surface area contributed by atoms with Crippen molar-refractivity contribution in [3.05, 3.63) is 51.0 Å². The molecule has 0 unspecified atom stereocenters. The minimum absolute atomic E-state index is 0.00440. The second-order valence-corrected chi connectivity index (χ2v) is 5.97. The second-order valence-electron chi connectivity index (χ2n) is 4.68. The molecule has 0 radical (unpaired) electrons. The van der Waals surface area contributed by atoms with Crippen LogP contribution in [0.1, 0.15) is 13.3 Å². The number of carbonyl (C=O) groups is 2. The van der Waals surface area contributed by atoms with Gasteiger partial charge in [0.1, 0.15) is 16.7 Å². The molecule has 0 fully saturated rings. The number of benzene rings is 1. The number of thioether (sulfide) groups is 1. The SMILES string of the molecule is CCOC(=O)CC1=CS/C(=C(\C#N)C(N)=O)N1c1ccc(Cl)cc1. The predicted octanol–water partition coefficient (Wildman–Crippen LogP) is 2.91. The Morgan fingerprint density at radius 1 is 1.38 bits per heavy atom. The van der Waals surface area contributed by atoms with Crippen molar-refractivity contribution < 1.29 is 14.3 Å². The second kappa shape index (κ2) is 7.90. The molecule has 0 aromatic heterocycles. The smallest absolute Gasteiger partial charge is 0.311 e. The first-order valence-electron chi connectivity index (χ1n) is 6.99. The summed E-state index contributed by atoms with van der Waals surface area (Å²) in [6.07, 6.45) is 0.00440. The van der Waals surface area contributed by atoms with Gasteiger partial charge in [-0.05, 0) is 36.6 Å². The van der Waals surface area contributed by atoms with Gasteiger partial charge >= 0.3 is 5.97 Å². The molecule has 0 aliphatic carbocycles. The summed E-state index contributed by atoms with van der Waals surface area (Å²) in [5.74, 6) is -1.23. The van der Waals surface area contributed by atoms with E-state index >= 15 is 0 Å². The Balaban J connectivity index is 2.46. The van der Waals surface area contributed by atoms with E-state index in [1.165, 1.54) is 0 Å². The maximum atomic E-state index is 11.8. The largest absolute Gasteiger partial charge is 0.466 e. The third-order valence-corrected chi connectivity index (χ3v) is 4.34. The number of amides is 1. The van der Waals surface area contributed by atoms with Crippen LogP contribution in [0, 0.1) is 11.3 Å². The number of esters is 1. The molecule has 124 valence electrons. The fourth-order valence-corrected chi connectivity index (χ4v) is 3.25. The zero-order valence-electron chi connectivity index (χ0n) is 12.8. The Hall–Kier alpha value is -2.43. The van der Waals surface area contributed by atoms with Gasteiger partial charge in [0.25, 0.3) is 5.91 Å². The van der Waals surface area contributed by atoms with Crippen molar-refractivity contribution in [2.75, 3.05) is 11.5 Å². The Morgan fingerprint density at radius 3 is 2.58 bits per heavy atom. The molecule has 2 rings (SSSR count). The maximum Gasteiger partial charge on any atom is 0.311 e. The lowest BCUT2D eigenvalue weighted by Gasteiger charge is -2.23. The van der Waals surface area contributed by atoms with E-state index < -0.39 is 11.9 Å². The highest BCUT2D eigenvalue weighted by Crippen LogP contribution is 2.41. The summed E-state index contributed by atoms with van der Waals surface area (Å²) < 4.78 is 4.97. The van der Waals surface area contributed by atoms with Gasteiger partial charge in [-0.25, -0.2) is 0 Å². The fraction of sp³-hybridized carbons (Fsp3) is 0.188. The predicted molar refractivity (Wildman–Crippen MR) is 92.7 cm³/mol. The number of anilines is 1. The lowest BCUT2D eigenvalue weighted by atomic mass is 10.2. The van der Waals surface area contributed by atoms with Gasteiger partial charge in [0, 0.05) is 16.4 Å². The number of hydrogen-bond donors (Lipinski definition) is 1. The number of primary amides is 1. The summed E-state index contributed by atoms with van der Waals surface area (Å²) in [7, 11) is 0. The van der Waals surface area contributed by atoms with Crippen LogP contribution in [0.15, 0.2) is 46.0 Å². The fourth-order valence-electron chi connectivity index (χ4n) is 2.09. The number of nitrogens with zero attached hydrogens (tertiary/aromatic N) is 2. The number of hydrogen-bond acceptors (Lipinski definition) is 6. The van der Waals surface area contributed by atoms with Gasteiger partial charge in [-0.2, -0.15) is 5.26 Å². The number of nitriles is 1. The van der Waals surface area contributed by atoms with Crippen LogP contribution >= 0.6 is 23.4 Å². The molecule has 1 heterocycles. The highest BCUT2D eigenvalue weighted by atomic mass is 35.5. The highest BCUT2D eigenvalue weighted by molar-refractivity contribution is 8.06. The van der Waals surface area contributed by atoms with Crippen molar-refractivity contribution in [1.82, 2.24) is 0 Å². The van der Waals surface area contributed by atoms with Crippen LogP contribution in [0.2, 0.25) is 5.02 Å². The Kier molecular flexibility index (Phi) is 5.90. The molecular weight excluding hydrogens is 350 g/mol. The third-order valence-electron chi connectivity index (χ3n) is 3.08. The molecule has 1 aromatic carbocycles. The molecule has 8 heteroatoms. The van der Waals surface area contributed by atoms with E-state index in [1.807, 2.05) is 6.07 Å². The van der Waals surface area contributed by atoms with Crippen LogP contribution in [0.3, 0.4) is 0 Å². The van der Waals surface area contributed by atoms with Crippen LogP contribution in [0.25, 0.3) is 0 Å². The van der Waals surface area contributed by atoms with E-state index in [-0.39, 0.29) is 18.6 Å². The Morgan fingerprint density at radius 2 is 2.04 bits per heavy atom. The van der Waals surface area contributed by atoms with Crippen molar-refractivity contribution in [2.24, 2.45) is 5.73 Å². The minimum Gasteiger partial charge on any atom is -0.466 e. The minimum atomic E-state index is -0.829. The molecule has 2 N–H and O–H groups in total. The molecule has 0 saturated carbocycles. The van der Waals surface area contributed by atoms with Crippen LogP contribution in [0.4, 0.5) is 5.69 Å². The number of carbonyl (C=O) groups excluding carboxylic acids is 2. The lowest BCUT2D eigenvalue weighted by molar-refractivity contribution is -0.142. The monoisotopic (exact) mass is 363 g/mol. The van der Waals surface area contributed by atoms with Gasteiger partial charge in [0.15, 0.2) is 0 Å². The van der Waals surface area contributed by atoms with Gasteiger partial charge < -0.3 is 15.4 Å². The molecule has 0 bridgehead atoms. The first-order valence-corrected chi connectivity index (χ1v) is 8.24. The molecule has 6 nitrogen and oxygen atoms in total. The van der Waals surface area contributed by atoms with E-state index in [0.717, 1.165) is 11.8 Å². The summed E-state index contributed by atoms with van der Waals surface area (Å²) in [5.41, 5.74) is 6.36. The standard InChI is InChI=1S/C16H14ClN3O3S/c1-2-23-14(21)7-12-9-24-16(13(8-18)15(19)22)20(12)11-5-3-10(17)4-6-11/h3-6,9H,2,7H2,1H3,(H2,19,22)/b16-13+. The Labute approximate surface area is 148 Å². The van der Waals surface area contributed by atoms with Gasteiger partial charge in [-0.1, -0.05) is 23.4 Å². The normalized spacial score (nSPS) is 15.5. The average Bonchev–Trinajstić information content (AvgIpc) is 2.92. The summed E-state index contributed by atoms with van der Waals surface area (Å²) in [6.45, 7) is 1.99. The Bertz CT molecular complexity index is 766. The molecule has 1 amide bonds. The van der Waals surface area contributed by atoms with E-state index in [4.69, 9.17) is 22.1 Å². The van der Waals surface area contributed by atoms with Crippen molar-refractivity contribution in [3.8, 4) is 6.07 Å². The number of ether oxygens (including phenoxy) is 1. The van der Waals surface area contributed by atoms with Gasteiger partial charge in [-0.15, -0.1) is 0 Å². The molecule has 0 spiro atoms. The quantitative estimate of drug-likeness (QED) is 0.491. The van der Waals surface area contributed by atoms with Gasteiger partial charge in [0.2, 0.25) is 0 Å². The van der Waals surface area contributed by atoms with Crippen LogP contribution < -0.4 is 10.6 Å². The van der Waals surface area contributed by atoms with Crippen molar-refractivity contribution in [2.45, 2.75) is 13.3 Å². The first-order chi connectivity index (χ1) is 11.5. The van der Waals surface area contributed by atoms with E-state index in [2.05, 4.69) is 0 Å². The lowest BCUT2D eigenvalue weighted by Crippen LogP contribution is -2.24. The van der Waals surface area contributed by atoms with Crippen LogP contribution in [0.5, 0.6) is 0 Å². The molecule has 0 saturated heterocycles. The molecule has 1 aliphatic heterocycles. The zero-order valence-corrected chi connectivity index (χ0v) is 14.4. The van der Waals surface area contributed by atoms with Crippen LogP contribution in [-0.2, 0) is 14.3 Å². The summed E-state index contributed by atoms with van der Waals surface area (Å²) in [6, 6.07) is 8.62. The number of rotatable bonds is 5. The molecular formula is C16H14ClN3O3S. The van der Waals surface area contributed by atoms with E-state index in [9.17, 15) is 14.9 Å².